The summed E-state index contributed by atoms with van der Waals surface area (Å²) in [6, 6.07) is 0. The first-order chi connectivity index (χ1) is 9.19. The summed E-state index contributed by atoms with van der Waals surface area (Å²) in [5, 5.41) is 10.9. The molecular formula is C17H17NS. The van der Waals surface area contributed by atoms with Crippen LogP contribution in [0.3, 0.4) is 0 Å². The molecule has 0 fully saturated rings. The predicted octanol–water partition coefficient (Wildman–Crippen LogP) is 4.86. The molecule has 2 heteroatoms. The zero-order valence-corrected chi connectivity index (χ0v) is 12.2. The number of thioether (sulfide) groups is 1. The second-order valence-electron chi connectivity index (χ2n) is 4.92. The van der Waals surface area contributed by atoms with Gasteiger partial charge in [-0.25, -0.2) is 0 Å². The van der Waals surface area contributed by atoms with Gasteiger partial charge < -0.3 is 0 Å². The molecule has 0 heterocycles. The number of nitriles is 1. The minimum Gasteiger partial charge on any atom is -0.185 e. The van der Waals surface area contributed by atoms with Crippen molar-refractivity contribution in [2.45, 2.75) is 39.5 Å². The van der Waals surface area contributed by atoms with Crippen molar-refractivity contribution >= 4 is 11.8 Å². The monoisotopic (exact) mass is 267 g/mol. The lowest BCUT2D eigenvalue weighted by Gasteiger charge is -2.12. The highest BCUT2D eigenvalue weighted by atomic mass is 32.2. The fraction of sp³-hybridized carbons (Fsp3) is 0.353. The van der Waals surface area contributed by atoms with E-state index in [2.05, 4.69) is 49.3 Å². The molecule has 0 N–H and O–H groups in total. The first kappa shape index (κ1) is 13.8. The number of hydrogen-bond donors (Lipinski definition) is 0. The van der Waals surface area contributed by atoms with Crippen LogP contribution in [0.2, 0.25) is 0 Å². The molecule has 0 unspecified atom stereocenters. The molecule has 2 aliphatic carbocycles. The van der Waals surface area contributed by atoms with Crippen molar-refractivity contribution in [1.82, 2.24) is 0 Å². The van der Waals surface area contributed by atoms with Gasteiger partial charge in [0.15, 0.2) is 0 Å². The molecule has 0 atom stereocenters. The van der Waals surface area contributed by atoms with Crippen LogP contribution in [0.15, 0.2) is 45.4 Å². The Morgan fingerprint density at radius 2 is 1.74 bits per heavy atom. The van der Waals surface area contributed by atoms with E-state index in [4.69, 9.17) is 5.26 Å². The van der Waals surface area contributed by atoms with Gasteiger partial charge in [-0.2, -0.15) is 5.26 Å². The molecule has 0 bridgehead atoms. The average molecular weight is 267 g/mol. The molecule has 0 spiro atoms. The fourth-order valence-electron chi connectivity index (χ4n) is 2.15. The molecule has 0 saturated heterocycles. The second-order valence-corrected chi connectivity index (χ2v) is 5.80. The highest BCUT2D eigenvalue weighted by Gasteiger charge is 2.10. The Hall–Kier alpha value is -1.64. The van der Waals surface area contributed by atoms with Crippen LogP contribution in [-0.4, -0.2) is 0 Å². The average Bonchev–Trinajstić information content (AvgIpc) is 2.41. The van der Waals surface area contributed by atoms with Crippen molar-refractivity contribution in [2.75, 3.05) is 0 Å². The van der Waals surface area contributed by atoms with Crippen LogP contribution in [0.4, 0.5) is 0 Å². The second kappa shape index (κ2) is 6.50. The molecule has 2 aliphatic rings. The number of thiocyanates is 1. The molecule has 0 amide bonds. The maximum absolute atomic E-state index is 8.71. The highest BCUT2D eigenvalue weighted by Crippen LogP contribution is 2.31. The van der Waals surface area contributed by atoms with Crippen molar-refractivity contribution in [3.05, 3.63) is 45.4 Å². The third kappa shape index (κ3) is 3.91. The first-order valence-corrected chi connectivity index (χ1v) is 7.35. The summed E-state index contributed by atoms with van der Waals surface area (Å²) in [7, 11) is 0. The Morgan fingerprint density at radius 1 is 1.00 bits per heavy atom. The van der Waals surface area contributed by atoms with E-state index >= 15 is 0 Å². The fourth-order valence-corrected chi connectivity index (χ4v) is 2.68. The van der Waals surface area contributed by atoms with Gasteiger partial charge in [-0.3, -0.25) is 0 Å². The van der Waals surface area contributed by atoms with Crippen LogP contribution in [0.5, 0.6) is 0 Å². The van der Waals surface area contributed by atoms with Crippen molar-refractivity contribution in [1.29, 1.82) is 5.26 Å². The van der Waals surface area contributed by atoms with Crippen molar-refractivity contribution < 1.29 is 0 Å². The summed E-state index contributed by atoms with van der Waals surface area (Å²) in [6.45, 7) is 4.22. The lowest BCUT2D eigenvalue weighted by atomic mass is 9.97. The molecule has 0 aromatic rings. The summed E-state index contributed by atoms with van der Waals surface area (Å²) >= 11 is 1.28. The minimum absolute atomic E-state index is 0.947. The Morgan fingerprint density at radius 3 is 2.37 bits per heavy atom. The lowest BCUT2D eigenvalue weighted by Crippen LogP contribution is -1.94. The maximum atomic E-state index is 8.71. The summed E-state index contributed by atoms with van der Waals surface area (Å²) < 4.78 is 0. The molecule has 19 heavy (non-hydrogen) atoms. The summed E-state index contributed by atoms with van der Waals surface area (Å²) in [5.41, 5.74) is 5.03. The lowest BCUT2D eigenvalue weighted by molar-refractivity contribution is 0.933. The van der Waals surface area contributed by atoms with Crippen LogP contribution in [0.1, 0.15) is 39.5 Å². The van der Waals surface area contributed by atoms with Crippen LogP contribution >= 0.6 is 11.8 Å². The zero-order valence-electron chi connectivity index (χ0n) is 11.4. The third-order valence-corrected chi connectivity index (χ3v) is 4.23. The summed E-state index contributed by atoms with van der Waals surface area (Å²) in [4.78, 5) is 1.18. The topological polar surface area (TPSA) is 23.8 Å². The van der Waals surface area contributed by atoms with E-state index in [1.54, 1.807) is 0 Å². The zero-order chi connectivity index (χ0) is 13.7. The highest BCUT2D eigenvalue weighted by molar-refractivity contribution is 8.07. The Bertz CT molecular complexity index is 597. The van der Waals surface area contributed by atoms with E-state index in [-0.39, 0.29) is 0 Å². The third-order valence-electron chi connectivity index (χ3n) is 3.36. The maximum Gasteiger partial charge on any atom is 0.138 e. The van der Waals surface area contributed by atoms with E-state index in [1.165, 1.54) is 39.0 Å². The van der Waals surface area contributed by atoms with Crippen molar-refractivity contribution in [2.24, 2.45) is 0 Å². The molecule has 2 rings (SSSR count). The Labute approximate surface area is 119 Å². The summed E-state index contributed by atoms with van der Waals surface area (Å²) in [5.74, 6) is 6.57. The van der Waals surface area contributed by atoms with Crippen molar-refractivity contribution in [3.63, 3.8) is 0 Å². The van der Waals surface area contributed by atoms with Gasteiger partial charge in [-0.05, 0) is 62.9 Å². The van der Waals surface area contributed by atoms with Gasteiger partial charge in [0, 0.05) is 16.1 Å². The first-order valence-electron chi connectivity index (χ1n) is 6.53. The van der Waals surface area contributed by atoms with Gasteiger partial charge in [-0.15, -0.1) is 0 Å². The quantitative estimate of drug-likeness (QED) is 0.500. The number of nitrogens with zero attached hydrogens (tertiary/aromatic N) is 1. The van der Waals surface area contributed by atoms with Gasteiger partial charge in [-0.1, -0.05) is 29.6 Å². The van der Waals surface area contributed by atoms with Gasteiger partial charge in [0.05, 0.1) is 0 Å². The van der Waals surface area contributed by atoms with E-state index in [9.17, 15) is 0 Å². The van der Waals surface area contributed by atoms with Crippen LogP contribution in [-0.2, 0) is 0 Å². The van der Waals surface area contributed by atoms with E-state index in [0.717, 1.165) is 25.7 Å². The molecular weight excluding hydrogens is 250 g/mol. The number of rotatable bonds is 1. The molecule has 0 radical (unpaired) electrons. The van der Waals surface area contributed by atoms with E-state index in [1.807, 2.05) is 0 Å². The van der Waals surface area contributed by atoms with Crippen LogP contribution in [0.25, 0.3) is 0 Å². The minimum atomic E-state index is 0.947. The van der Waals surface area contributed by atoms with E-state index < -0.39 is 0 Å². The SMILES string of the molecule is CC1=CC=C(C#CC2=CC(C)=C(SC#N)CC2)CC1. The van der Waals surface area contributed by atoms with E-state index in [0.29, 0.717) is 0 Å². The van der Waals surface area contributed by atoms with Gasteiger partial charge in [0.2, 0.25) is 0 Å². The predicted molar refractivity (Wildman–Crippen MR) is 82.1 cm³/mol. The van der Waals surface area contributed by atoms with Crippen LogP contribution < -0.4 is 0 Å². The smallest absolute Gasteiger partial charge is 0.138 e. The van der Waals surface area contributed by atoms with Gasteiger partial charge in [0.25, 0.3) is 0 Å². The molecule has 0 aromatic heterocycles. The number of hydrogen-bond acceptors (Lipinski definition) is 2. The van der Waals surface area contributed by atoms with Crippen LogP contribution in [0, 0.1) is 22.5 Å². The molecule has 0 aliphatic heterocycles. The summed E-state index contributed by atoms with van der Waals surface area (Å²) in [6.07, 6.45) is 10.5. The molecule has 0 saturated carbocycles. The van der Waals surface area contributed by atoms with Gasteiger partial charge in [0.1, 0.15) is 5.40 Å². The molecule has 1 nitrogen and oxygen atoms in total. The van der Waals surface area contributed by atoms with Gasteiger partial charge >= 0.3 is 0 Å². The largest absolute Gasteiger partial charge is 0.185 e. The van der Waals surface area contributed by atoms with Crippen molar-refractivity contribution in [3.8, 4) is 17.2 Å². The normalized spacial score (nSPS) is 18.7. The Balaban J connectivity index is 2.10. The standard InChI is InChI=1S/C17H17NS/c1-13-3-5-15(6-4-13)7-8-16-9-10-17(19-12-18)14(2)11-16/h3,5,11H,4,6,9-10H2,1-2H3. The molecule has 0 aromatic carbocycles. The molecule has 96 valence electrons. The number of allylic oxidation sites excluding steroid dienone is 8. The Kier molecular flexibility index (Phi) is 4.72.